The Morgan fingerprint density at radius 2 is 2.14 bits per heavy atom. The van der Waals surface area contributed by atoms with E-state index in [1.165, 1.54) is 0 Å². The summed E-state index contributed by atoms with van der Waals surface area (Å²) in [5.41, 5.74) is 2.63. The highest BCUT2D eigenvalue weighted by Gasteiger charge is 2.29. The molecule has 0 saturated carbocycles. The van der Waals surface area contributed by atoms with Crippen LogP contribution in [0.3, 0.4) is 0 Å². The summed E-state index contributed by atoms with van der Waals surface area (Å²) in [5, 5.41) is 3.33. The highest BCUT2D eigenvalue weighted by Crippen LogP contribution is 2.29. The first-order chi connectivity index (χ1) is 10.8. The van der Waals surface area contributed by atoms with Crippen molar-refractivity contribution in [2.24, 2.45) is 4.99 Å². The zero-order chi connectivity index (χ0) is 14.9. The molecule has 3 heterocycles. The first kappa shape index (κ1) is 12.8. The number of carbonyl (C=O) groups is 1. The van der Waals surface area contributed by atoms with Crippen molar-refractivity contribution in [1.29, 1.82) is 0 Å². The molecule has 108 valence electrons. The van der Waals surface area contributed by atoms with Crippen LogP contribution in [0.4, 0.5) is 5.69 Å². The molecule has 0 saturated heterocycles. The smallest absolute Gasteiger partial charge is 0.191 e. The number of hydrogen-bond donors (Lipinski definition) is 1. The zero-order valence-electron chi connectivity index (χ0n) is 11.9. The van der Waals surface area contributed by atoms with Crippen molar-refractivity contribution in [3.8, 4) is 0 Å². The van der Waals surface area contributed by atoms with Gasteiger partial charge in [-0.05, 0) is 24.3 Å². The van der Waals surface area contributed by atoms with Gasteiger partial charge in [0.2, 0.25) is 0 Å². The molecule has 5 nitrogen and oxygen atoms in total. The van der Waals surface area contributed by atoms with Gasteiger partial charge >= 0.3 is 0 Å². The van der Waals surface area contributed by atoms with E-state index in [-0.39, 0.29) is 5.78 Å². The Morgan fingerprint density at radius 3 is 3.00 bits per heavy atom. The van der Waals surface area contributed by atoms with Gasteiger partial charge in [-0.3, -0.25) is 14.8 Å². The molecule has 0 spiro atoms. The average molecular weight is 290 g/mol. The van der Waals surface area contributed by atoms with Crippen molar-refractivity contribution in [2.75, 3.05) is 18.4 Å². The van der Waals surface area contributed by atoms with Crippen molar-refractivity contribution in [3.63, 3.8) is 0 Å². The van der Waals surface area contributed by atoms with Gasteiger partial charge < -0.3 is 10.2 Å². The second-order valence-electron chi connectivity index (χ2n) is 5.16. The number of rotatable bonds is 2. The number of carbonyl (C=O) groups excluding carboxylic acids is 1. The molecule has 1 N–H and O–H groups in total. The van der Waals surface area contributed by atoms with E-state index in [1.54, 1.807) is 30.6 Å². The van der Waals surface area contributed by atoms with Crippen LogP contribution in [-0.2, 0) is 0 Å². The molecule has 0 radical (unpaired) electrons. The third-order valence-corrected chi connectivity index (χ3v) is 3.78. The fourth-order valence-corrected chi connectivity index (χ4v) is 2.73. The van der Waals surface area contributed by atoms with Gasteiger partial charge in [0.15, 0.2) is 5.78 Å². The Bertz CT molecular complexity index is 795. The lowest BCUT2D eigenvalue weighted by molar-refractivity contribution is 0.104. The van der Waals surface area contributed by atoms with E-state index in [4.69, 9.17) is 0 Å². The molecule has 0 aliphatic carbocycles. The van der Waals surface area contributed by atoms with Crippen LogP contribution in [0.2, 0.25) is 0 Å². The summed E-state index contributed by atoms with van der Waals surface area (Å²) < 4.78 is 0. The van der Waals surface area contributed by atoms with Gasteiger partial charge in [0.1, 0.15) is 11.7 Å². The Labute approximate surface area is 128 Å². The van der Waals surface area contributed by atoms with Gasteiger partial charge in [0.25, 0.3) is 0 Å². The summed E-state index contributed by atoms with van der Waals surface area (Å²) in [6, 6.07) is 11.5. The predicted octanol–water partition coefficient (Wildman–Crippen LogP) is 2.29. The number of pyridine rings is 1. The number of aromatic nitrogens is 1. The number of fused-ring (bicyclic) bond motifs is 3. The van der Waals surface area contributed by atoms with Crippen LogP contribution in [0.5, 0.6) is 0 Å². The van der Waals surface area contributed by atoms with E-state index < -0.39 is 0 Å². The van der Waals surface area contributed by atoms with Crippen molar-refractivity contribution in [1.82, 2.24) is 9.88 Å². The number of nitrogens with one attached hydrogen (secondary N) is 1. The lowest BCUT2D eigenvalue weighted by atomic mass is 10.1. The maximum atomic E-state index is 12.4. The minimum Gasteiger partial charge on any atom is -0.341 e. The topological polar surface area (TPSA) is 57.6 Å². The molecule has 22 heavy (non-hydrogen) atoms. The summed E-state index contributed by atoms with van der Waals surface area (Å²) in [5.74, 6) is 1.63. The number of nitrogens with zero attached hydrogens (tertiary/aromatic N) is 3. The number of amidine groups is 1. The van der Waals surface area contributed by atoms with E-state index in [0.29, 0.717) is 5.56 Å². The van der Waals surface area contributed by atoms with Gasteiger partial charge in [-0.1, -0.05) is 12.1 Å². The molecule has 0 atom stereocenters. The predicted molar refractivity (Wildman–Crippen MR) is 84.8 cm³/mol. The summed E-state index contributed by atoms with van der Waals surface area (Å²) in [4.78, 5) is 23.0. The molecule has 0 fully saturated rings. The maximum Gasteiger partial charge on any atom is 0.191 e. The third kappa shape index (κ3) is 2.07. The summed E-state index contributed by atoms with van der Waals surface area (Å²) in [6.45, 7) is 1.52. The van der Waals surface area contributed by atoms with E-state index in [0.717, 1.165) is 36.0 Å². The number of aliphatic imine (C=N–C) groups is 1. The molecule has 2 aromatic rings. The highest BCUT2D eigenvalue weighted by atomic mass is 16.1. The van der Waals surface area contributed by atoms with Crippen LogP contribution >= 0.6 is 0 Å². The molecule has 5 heteroatoms. The normalized spacial score (nSPS) is 17.5. The maximum absolute atomic E-state index is 12.4. The van der Waals surface area contributed by atoms with Gasteiger partial charge in [0.05, 0.1) is 12.2 Å². The van der Waals surface area contributed by atoms with E-state index in [9.17, 15) is 4.79 Å². The zero-order valence-corrected chi connectivity index (χ0v) is 11.9. The fourth-order valence-electron chi connectivity index (χ4n) is 2.73. The van der Waals surface area contributed by atoms with Crippen LogP contribution in [0, 0.1) is 0 Å². The lowest BCUT2D eigenvalue weighted by Gasteiger charge is -2.31. The SMILES string of the molecule is O=C(C=C1Nc2ccccc2C2=NCCN12)c1cccnc1. The number of ketones is 1. The summed E-state index contributed by atoms with van der Waals surface area (Å²) >= 11 is 0. The molecule has 1 aromatic carbocycles. The Balaban J connectivity index is 1.73. The van der Waals surface area contributed by atoms with Crippen molar-refractivity contribution in [3.05, 3.63) is 71.8 Å². The first-order valence-corrected chi connectivity index (χ1v) is 7.17. The third-order valence-electron chi connectivity index (χ3n) is 3.78. The van der Waals surface area contributed by atoms with Crippen LogP contribution < -0.4 is 5.32 Å². The molecular formula is C17H14N4O. The summed E-state index contributed by atoms with van der Waals surface area (Å²) in [7, 11) is 0. The van der Waals surface area contributed by atoms with E-state index >= 15 is 0 Å². The molecule has 4 rings (SSSR count). The molecule has 0 amide bonds. The van der Waals surface area contributed by atoms with Crippen LogP contribution in [-0.4, -0.2) is 34.6 Å². The quantitative estimate of drug-likeness (QED) is 0.681. The Kier molecular flexibility index (Phi) is 2.96. The number of anilines is 1. The summed E-state index contributed by atoms with van der Waals surface area (Å²) in [6.07, 6.45) is 4.85. The number of para-hydroxylation sites is 1. The Morgan fingerprint density at radius 1 is 1.23 bits per heavy atom. The minimum atomic E-state index is -0.0683. The standard InChI is InChI=1S/C17H14N4O/c22-15(12-4-3-7-18-11-12)10-16-20-14-6-2-1-5-13(14)17-19-8-9-21(16)17/h1-7,10-11,20H,8-9H2. The monoisotopic (exact) mass is 290 g/mol. The number of allylic oxidation sites excluding steroid dienone is 1. The average Bonchev–Trinajstić information content (AvgIpc) is 3.06. The lowest BCUT2D eigenvalue weighted by Crippen LogP contribution is -2.36. The first-order valence-electron chi connectivity index (χ1n) is 7.17. The second-order valence-corrected chi connectivity index (χ2v) is 5.16. The highest BCUT2D eigenvalue weighted by molar-refractivity contribution is 6.10. The van der Waals surface area contributed by atoms with Gasteiger partial charge in [-0.25, -0.2) is 0 Å². The fraction of sp³-hybridized carbons (Fsp3) is 0.118. The minimum absolute atomic E-state index is 0.0683. The van der Waals surface area contributed by atoms with Crippen molar-refractivity contribution in [2.45, 2.75) is 0 Å². The van der Waals surface area contributed by atoms with Crippen molar-refractivity contribution < 1.29 is 4.79 Å². The largest absolute Gasteiger partial charge is 0.341 e. The van der Waals surface area contributed by atoms with Gasteiger partial charge in [-0.15, -0.1) is 0 Å². The van der Waals surface area contributed by atoms with E-state index in [1.807, 2.05) is 24.3 Å². The molecule has 1 aromatic heterocycles. The number of hydrogen-bond acceptors (Lipinski definition) is 5. The second kappa shape index (κ2) is 5.11. The molecule has 0 bridgehead atoms. The van der Waals surface area contributed by atoms with Gasteiger partial charge in [-0.2, -0.15) is 0 Å². The van der Waals surface area contributed by atoms with Crippen LogP contribution in [0.1, 0.15) is 15.9 Å². The van der Waals surface area contributed by atoms with Gasteiger partial charge in [0, 0.05) is 36.1 Å². The Hall–Kier alpha value is -2.95. The van der Waals surface area contributed by atoms with Crippen LogP contribution in [0.25, 0.3) is 0 Å². The molecule has 2 aliphatic rings. The van der Waals surface area contributed by atoms with Crippen molar-refractivity contribution >= 4 is 17.3 Å². The van der Waals surface area contributed by atoms with E-state index in [2.05, 4.69) is 20.2 Å². The molecule has 0 unspecified atom stereocenters. The van der Waals surface area contributed by atoms with Crippen LogP contribution in [0.15, 0.2) is 65.7 Å². The molecule has 2 aliphatic heterocycles. The number of benzene rings is 1. The molecular weight excluding hydrogens is 276 g/mol.